The predicted octanol–water partition coefficient (Wildman–Crippen LogP) is 2.75. The van der Waals surface area contributed by atoms with E-state index in [9.17, 15) is 8.42 Å². The van der Waals surface area contributed by atoms with Gasteiger partial charge in [-0.25, -0.2) is 18.4 Å². The maximum absolute atomic E-state index is 11.9. The maximum Gasteiger partial charge on any atom is 0.263 e. The molecule has 0 fully saturated rings. The van der Waals surface area contributed by atoms with Crippen LogP contribution in [0.25, 0.3) is 0 Å². The van der Waals surface area contributed by atoms with E-state index in [1.165, 1.54) is 35.9 Å². The lowest BCUT2D eigenvalue weighted by Crippen LogP contribution is -2.12. The third kappa shape index (κ3) is 3.15. The monoisotopic (exact) mass is 353 g/mol. The lowest BCUT2D eigenvalue weighted by molar-refractivity contribution is 0.601. The van der Waals surface area contributed by atoms with Crippen molar-refractivity contribution in [2.45, 2.75) is 4.90 Å². The molecule has 9 heteroatoms. The summed E-state index contributed by atoms with van der Waals surface area (Å²) >= 11 is 10.0. The highest BCUT2D eigenvalue weighted by Crippen LogP contribution is 2.25. The molecule has 0 saturated heterocycles. The molecule has 0 saturated carbocycles. The topological polar surface area (TPSA) is 72.0 Å². The van der Waals surface area contributed by atoms with Crippen molar-refractivity contribution in [1.82, 2.24) is 9.97 Å². The highest BCUT2D eigenvalue weighted by atomic mass is 79.9. The van der Waals surface area contributed by atoms with Crippen LogP contribution in [0.3, 0.4) is 0 Å². The van der Waals surface area contributed by atoms with E-state index >= 15 is 0 Å². The Morgan fingerprint density at radius 3 is 2.76 bits per heavy atom. The summed E-state index contributed by atoms with van der Waals surface area (Å²) < 4.78 is 26.9. The van der Waals surface area contributed by atoms with Gasteiger partial charge in [0.2, 0.25) is 0 Å². The average molecular weight is 355 g/mol. The zero-order valence-electron chi connectivity index (χ0n) is 8.09. The van der Waals surface area contributed by atoms with E-state index in [-0.39, 0.29) is 15.2 Å². The van der Waals surface area contributed by atoms with E-state index in [0.717, 1.165) is 3.79 Å². The van der Waals surface area contributed by atoms with Crippen LogP contribution in [0, 0.1) is 0 Å². The van der Waals surface area contributed by atoms with Gasteiger partial charge in [0.25, 0.3) is 10.0 Å². The minimum atomic E-state index is -3.67. The molecule has 17 heavy (non-hydrogen) atoms. The van der Waals surface area contributed by atoms with Gasteiger partial charge in [0, 0.05) is 6.20 Å². The Labute approximate surface area is 115 Å². The molecule has 2 aromatic rings. The fraction of sp³-hybridized carbons (Fsp3) is 0. The normalized spacial score (nSPS) is 11.4. The minimum Gasteiger partial charge on any atom is -0.255 e. The Kier molecular flexibility index (Phi) is 3.67. The second-order valence-electron chi connectivity index (χ2n) is 2.89. The molecule has 0 atom stereocenters. The van der Waals surface area contributed by atoms with Crippen LogP contribution >= 0.6 is 38.9 Å². The molecule has 2 aromatic heterocycles. The van der Waals surface area contributed by atoms with Crippen LogP contribution in [0.5, 0.6) is 0 Å². The molecule has 0 spiro atoms. The summed E-state index contributed by atoms with van der Waals surface area (Å²) in [6.45, 7) is 0. The number of halogens is 2. The van der Waals surface area contributed by atoms with Crippen LogP contribution in [0.15, 0.2) is 33.2 Å². The molecule has 0 aromatic carbocycles. The van der Waals surface area contributed by atoms with Gasteiger partial charge >= 0.3 is 0 Å². The molecule has 5 nitrogen and oxygen atoms in total. The number of nitrogens with one attached hydrogen (secondary N) is 1. The molecule has 0 aliphatic rings. The summed E-state index contributed by atoms with van der Waals surface area (Å²) in [7, 11) is -3.67. The van der Waals surface area contributed by atoms with Gasteiger partial charge in [-0.05, 0) is 28.1 Å². The standard InChI is InChI=1S/C8H5BrClN3O2S2/c9-6-4-12-8(16-6)13-17(14,15)5-1-2-11-7(10)3-5/h1-4H,(H,12,13). The second kappa shape index (κ2) is 4.89. The fourth-order valence-corrected chi connectivity index (χ4v) is 3.63. The van der Waals surface area contributed by atoms with Crippen molar-refractivity contribution < 1.29 is 8.42 Å². The Bertz CT molecular complexity index is 644. The zero-order chi connectivity index (χ0) is 12.5. The summed E-state index contributed by atoms with van der Waals surface area (Å²) in [6, 6.07) is 2.63. The number of thiazole rings is 1. The lowest BCUT2D eigenvalue weighted by atomic mass is 10.5. The highest BCUT2D eigenvalue weighted by molar-refractivity contribution is 9.11. The number of hydrogen-bond acceptors (Lipinski definition) is 5. The Hall–Kier alpha value is -0.700. The van der Waals surface area contributed by atoms with E-state index in [1.54, 1.807) is 0 Å². The first-order valence-electron chi connectivity index (χ1n) is 4.23. The van der Waals surface area contributed by atoms with Gasteiger partial charge in [0.1, 0.15) is 5.15 Å². The van der Waals surface area contributed by atoms with Gasteiger partial charge in [-0.15, -0.1) is 0 Å². The Balaban J connectivity index is 2.31. The predicted molar refractivity (Wildman–Crippen MR) is 69.9 cm³/mol. The van der Waals surface area contributed by atoms with Gasteiger partial charge in [-0.1, -0.05) is 22.9 Å². The van der Waals surface area contributed by atoms with Crippen molar-refractivity contribution in [2.24, 2.45) is 0 Å². The highest BCUT2D eigenvalue weighted by Gasteiger charge is 2.16. The Morgan fingerprint density at radius 2 is 2.18 bits per heavy atom. The van der Waals surface area contributed by atoms with Crippen molar-refractivity contribution in [3.63, 3.8) is 0 Å². The Morgan fingerprint density at radius 1 is 1.41 bits per heavy atom. The van der Waals surface area contributed by atoms with Crippen molar-refractivity contribution in [3.05, 3.63) is 33.5 Å². The number of nitrogens with zero attached hydrogens (tertiary/aromatic N) is 2. The molecule has 2 rings (SSSR count). The van der Waals surface area contributed by atoms with Crippen LogP contribution in [-0.2, 0) is 10.0 Å². The van der Waals surface area contributed by atoms with E-state index < -0.39 is 10.0 Å². The number of anilines is 1. The van der Waals surface area contributed by atoms with E-state index in [4.69, 9.17) is 11.6 Å². The minimum absolute atomic E-state index is 0.0452. The third-order valence-electron chi connectivity index (χ3n) is 1.71. The van der Waals surface area contributed by atoms with Crippen molar-refractivity contribution >= 4 is 54.0 Å². The van der Waals surface area contributed by atoms with E-state index in [0.29, 0.717) is 0 Å². The summed E-state index contributed by atoms with van der Waals surface area (Å²) in [4.78, 5) is 7.64. The first-order chi connectivity index (χ1) is 7.97. The quantitative estimate of drug-likeness (QED) is 0.860. The largest absolute Gasteiger partial charge is 0.263 e. The zero-order valence-corrected chi connectivity index (χ0v) is 12.1. The molecule has 0 radical (unpaired) electrons. The molecule has 2 heterocycles. The smallest absolute Gasteiger partial charge is 0.255 e. The average Bonchev–Trinajstić information content (AvgIpc) is 2.63. The van der Waals surface area contributed by atoms with Gasteiger partial charge in [-0.3, -0.25) is 4.72 Å². The molecule has 0 unspecified atom stereocenters. The first-order valence-corrected chi connectivity index (χ1v) is 7.70. The van der Waals surface area contributed by atoms with Crippen LogP contribution in [0.1, 0.15) is 0 Å². The van der Waals surface area contributed by atoms with Gasteiger partial charge in [0.05, 0.1) is 14.9 Å². The molecule has 1 N–H and O–H groups in total. The number of hydrogen-bond donors (Lipinski definition) is 1. The molecule has 0 bridgehead atoms. The second-order valence-corrected chi connectivity index (χ2v) is 7.37. The third-order valence-corrected chi connectivity index (χ3v) is 4.77. The maximum atomic E-state index is 11.9. The summed E-state index contributed by atoms with van der Waals surface area (Å²) in [5, 5.41) is 0.401. The van der Waals surface area contributed by atoms with Crippen LogP contribution in [0.2, 0.25) is 5.15 Å². The van der Waals surface area contributed by atoms with Gasteiger partial charge < -0.3 is 0 Å². The van der Waals surface area contributed by atoms with E-state index in [2.05, 4.69) is 30.6 Å². The fourth-order valence-electron chi connectivity index (χ4n) is 1.03. The van der Waals surface area contributed by atoms with Gasteiger partial charge in [0.15, 0.2) is 5.13 Å². The molecule has 0 aliphatic carbocycles. The van der Waals surface area contributed by atoms with Crippen molar-refractivity contribution in [2.75, 3.05) is 4.72 Å². The number of pyridine rings is 1. The van der Waals surface area contributed by atoms with E-state index in [1.807, 2.05) is 0 Å². The molecular formula is C8H5BrClN3O2S2. The number of aromatic nitrogens is 2. The summed E-state index contributed by atoms with van der Waals surface area (Å²) in [6.07, 6.45) is 2.84. The van der Waals surface area contributed by atoms with Crippen LogP contribution in [-0.4, -0.2) is 18.4 Å². The molecule has 90 valence electrons. The summed E-state index contributed by atoms with van der Waals surface area (Å²) in [5.41, 5.74) is 0. The summed E-state index contributed by atoms with van der Waals surface area (Å²) in [5.74, 6) is 0. The molecule has 0 aliphatic heterocycles. The SMILES string of the molecule is O=S(=O)(Nc1ncc(Br)s1)c1ccnc(Cl)c1. The van der Waals surface area contributed by atoms with Crippen molar-refractivity contribution in [3.8, 4) is 0 Å². The first kappa shape index (κ1) is 12.7. The molecular weight excluding hydrogens is 350 g/mol. The van der Waals surface area contributed by atoms with Gasteiger partial charge in [-0.2, -0.15) is 0 Å². The number of sulfonamides is 1. The van der Waals surface area contributed by atoms with Crippen LogP contribution < -0.4 is 4.72 Å². The molecule has 0 amide bonds. The lowest BCUT2D eigenvalue weighted by Gasteiger charge is -2.04. The van der Waals surface area contributed by atoms with Crippen molar-refractivity contribution in [1.29, 1.82) is 0 Å². The number of rotatable bonds is 3. The van der Waals surface area contributed by atoms with Crippen LogP contribution in [0.4, 0.5) is 5.13 Å².